The molecule has 2 heterocycles. The minimum Gasteiger partial charge on any atom is -0.355 e. The van der Waals surface area contributed by atoms with Crippen LogP contribution in [-0.2, 0) is 0 Å². The van der Waals surface area contributed by atoms with Gasteiger partial charge in [0.2, 0.25) is 0 Å². The summed E-state index contributed by atoms with van der Waals surface area (Å²) in [6.07, 6.45) is 2.32. The fourth-order valence-electron chi connectivity index (χ4n) is 9.22. The highest BCUT2D eigenvalue weighted by Crippen LogP contribution is 2.44. The Labute approximate surface area is 344 Å². The molecule has 0 radical (unpaired) electrons. The van der Waals surface area contributed by atoms with Crippen LogP contribution in [0.1, 0.15) is 28.9 Å². The van der Waals surface area contributed by atoms with E-state index in [0.717, 1.165) is 16.8 Å². The molecule has 11 rings (SSSR count). The van der Waals surface area contributed by atoms with Gasteiger partial charge in [-0.2, -0.15) is 0 Å². The van der Waals surface area contributed by atoms with Crippen molar-refractivity contribution in [2.45, 2.75) is 12.2 Å². The van der Waals surface area contributed by atoms with Gasteiger partial charge in [0, 0.05) is 34.5 Å². The fraction of sp³-hybridized carbons (Fsp3) is 0.0536. The molecular formula is C56H41N3. The molecule has 0 bridgehead atoms. The molecule has 0 amide bonds. The van der Waals surface area contributed by atoms with Gasteiger partial charge in [-0.15, -0.1) is 0 Å². The monoisotopic (exact) mass is 755 g/mol. The lowest BCUT2D eigenvalue weighted by atomic mass is 9.89. The molecule has 0 fully saturated rings. The molecule has 0 aliphatic carbocycles. The second kappa shape index (κ2) is 14.6. The molecule has 0 saturated carbocycles. The van der Waals surface area contributed by atoms with Crippen LogP contribution in [0.4, 0.5) is 0 Å². The van der Waals surface area contributed by atoms with Gasteiger partial charge in [0.05, 0.1) is 17.3 Å². The largest absolute Gasteiger partial charge is 0.355 e. The number of rotatable bonds is 6. The summed E-state index contributed by atoms with van der Waals surface area (Å²) in [5, 5.41) is 12.7. The Morgan fingerprint density at radius 1 is 0.407 bits per heavy atom. The van der Waals surface area contributed by atoms with Crippen LogP contribution in [0.15, 0.2) is 212 Å². The van der Waals surface area contributed by atoms with Crippen molar-refractivity contribution in [3.63, 3.8) is 0 Å². The Bertz CT molecular complexity index is 3190. The number of nitrogens with one attached hydrogen (secondary N) is 1. The third-order valence-electron chi connectivity index (χ3n) is 12.1. The maximum atomic E-state index is 5.48. The molecular weight excluding hydrogens is 715 g/mol. The van der Waals surface area contributed by atoms with Gasteiger partial charge in [0.15, 0.2) is 0 Å². The molecule has 1 aliphatic rings. The first-order chi connectivity index (χ1) is 29.2. The van der Waals surface area contributed by atoms with Crippen LogP contribution >= 0.6 is 0 Å². The zero-order valence-corrected chi connectivity index (χ0v) is 32.8. The van der Waals surface area contributed by atoms with Gasteiger partial charge in [-0.05, 0) is 78.7 Å². The van der Waals surface area contributed by atoms with Crippen LogP contribution in [-0.4, -0.2) is 16.9 Å². The summed E-state index contributed by atoms with van der Waals surface area (Å²) in [7, 11) is 2.20. The van der Waals surface area contributed by atoms with E-state index >= 15 is 0 Å². The number of nitrogens with zero attached hydrogens (tertiary/aromatic N) is 2. The zero-order valence-electron chi connectivity index (χ0n) is 32.8. The van der Waals surface area contributed by atoms with E-state index in [0.29, 0.717) is 0 Å². The molecule has 3 heteroatoms. The van der Waals surface area contributed by atoms with Crippen molar-refractivity contribution in [1.29, 1.82) is 0 Å². The molecule has 0 saturated heterocycles. The SMILES string of the molecule is CN1C(c2ccc(-c3ccccc3)cc2)=CC(c2cccc(-c3nc4ccccc4c4c5ccccc5c5ccccc5c34)c2)NC1c1ccc(-c2ccccc2)cc1. The van der Waals surface area contributed by atoms with Crippen molar-refractivity contribution in [1.82, 2.24) is 15.2 Å². The number of pyridine rings is 1. The Kier molecular flexibility index (Phi) is 8.61. The minimum absolute atomic E-state index is 0.0713. The second-order valence-corrected chi connectivity index (χ2v) is 15.6. The standard InChI is InChI=1S/C56H41N3/c1-59-52(41-31-27-39(28-32-41)37-15-4-2-5-16-37)36-51(58-56(59)42-33-29-40(30-34-42)38-17-6-3-7-18-38)43-19-14-20-44(35-43)55-54-48-24-11-9-22-46(48)45-21-8-10-23-47(45)53(54)49-25-12-13-26-50(49)57-55/h2-36,51,56,58H,1H3. The smallest absolute Gasteiger partial charge is 0.106 e. The first-order valence-corrected chi connectivity index (χ1v) is 20.4. The van der Waals surface area contributed by atoms with Gasteiger partial charge >= 0.3 is 0 Å². The van der Waals surface area contributed by atoms with Crippen molar-refractivity contribution in [3.05, 3.63) is 229 Å². The predicted molar refractivity (Wildman–Crippen MR) is 248 cm³/mol. The van der Waals surface area contributed by atoms with E-state index in [1.54, 1.807) is 0 Å². The topological polar surface area (TPSA) is 28.2 Å². The number of fused-ring (bicyclic) bond motifs is 8. The lowest BCUT2D eigenvalue weighted by Crippen LogP contribution is -2.40. The van der Waals surface area contributed by atoms with E-state index in [2.05, 4.69) is 230 Å². The molecule has 9 aromatic carbocycles. The van der Waals surface area contributed by atoms with Gasteiger partial charge in [0.1, 0.15) is 6.17 Å². The summed E-state index contributed by atoms with van der Waals surface area (Å²) in [5.74, 6) is 0. The summed E-state index contributed by atoms with van der Waals surface area (Å²) in [4.78, 5) is 7.86. The summed E-state index contributed by atoms with van der Waals surface area (Å²) in [6.45, 7) is 0. The number of para-hydroxylation sites is 1. The number of hydrogen-bond donors (Lipinski definition) is 1. The van der Waals surface area contributed by atoms with Crippen molar-refractivity contribution in [3.8, 4) is 33.5 Å². The number of hydrogen-bond acceptors (Lipinski definition) is 3. The lowest BCUT2D eigenvalue weighted by Gasteiger charge is -2.40. The third kappa shape index (κ3) is 6.15. The third-order valence-corrected chi connectivity index (χ3v) is 12.1. The molecule has 2 unspecified atom stereocenters. The van der Waals surface area contributed by atoms with E-state index in [9.17, 15) is 0 Å². The second-order valence-electron chi connectivity index (χ2n) is 15.6. The van der Waals surface area contributed by atoms with Gasteiger partial charge in [-0.1, -0.05) is 194 Å². The van der Waals surface area contributed by atoms with Crippen LogP contribution in [0.5, 0.6) is 0 Å². The maximum absolute atomic E-state index is 5.48. The number of benzene rings is 9. The number of aromatic nitrogens is 1. The van der Waals surface area contributed by atoms with E-state index in [1.807, 2.05) is 0 Å². The quantitative estimate of drug-likeness (QED) is 0.171. The molecule has 1 N–H and O–H groups in total. The van der Waals surface area contributed by atoms with Gasteiger partial charge in [0.25, 0.3) is 0 Å². The van der Waals surface area contributed by atoms with Crippen molar-refractivity contribution >= 4 is 48.9 Å². The fourth-order valence-corrected chi connectivity index (χ4v) is 9.22. The average Bonchev–Trinajstić information content (AvgIpc) is 3.32. The molecule has 2 atom stereocenters. The van der Waals surface area contributed by atoms with E-state index in [1.165, 1.54) is 82.3 Å². The molecule has 0 spiro atoms. The van der Waals surface area contributed by atoms with Crippen LogP contribution in [0.3, 0.4) is 0 Å². The van der Waals surface area contributed by atoms with Crippen molar-refractivity contribution in [2.75, 3.05) is 7.05 Å². The van der Waals surface area contributed by atoms with Crippen molar-refractivity contribution < 1.29 is 0 Å². The van der Waals surface area contributed by atoms with Crippen LogP contribution < -0.4 is 5.32 Å². The maximum Gasteiger partial charge on any atom is 0.106 e. The van der Waals surface area contributed by atoms with Gasteiger partial charge in [-0.25, -0.2) is 4.98 Å². The highest BCUT2D eigenvalue weighted by atomic mass is 15.3. The first-order valence-electron chi connectivity index (χ1n) is 20.4. The molecule has 280 valence electrons. The summed E-state index contributed by atoms with van der Waals surface area (Å²) >= 11 is 0. The van der Waals surface area contributed by atoms with Crippen LogP contribution in [0.25, 0.3) is 82.4 Å². The van der Waals surface area contributed by atoms with Crippen molar-refractivity contribution in [2.24, 2.45) is 0 Å². The van der Waals surface area contributed by atoms with Crippen LogP contribution in [0.2, 0.25) is 0 Å². The Balaban J connectivity index is 1.06. The summed E-state index contributed by atoms with van der Waals surface area (Å²) in [6, 6.07) is 74.4. The van der Waals surface area contributed by atoms with E-state index in [-0.39, 0.29) is 12.2 Å². The molecule has 3 nitrogen and oxygen atoms in total. The van der Waals surface area contributed by atoms with E-state index < -0.39 is 0 Å². The molecule has 1 aliphatic heterocycles. The Hall–Kier alpha value is -7.33. The molecule has 10 aromatic rings. The van der Waals surface area contributed by atoms with Gasteiger partial charge < -0.3 is 4.90 Å². The zero-order chi connectivity index (χ0) is 39.3. The highest BCUT2D eigenvalue weighted by molar-refractivity contribution is 6.33. The normalized spacial score (nSPS) is 15.5. The predicted octanol–water partition coefficient (Wildman–Crippen LogP) is 14.0. The first kappa shape index (κ1) is 34.9. The average molecular weight is 756 g/mol. The van der Waals surface area contributed by atoms with E-state index in [4.69, 9.17) is 4.98 Å². The van der Waals surface area contributed by atoms with Crippen LogP contribution in [0, 0.1) is 0 Å². The minimum atomic E-state index is -0.0720. The molecule has 1 aromatic heterocycles. The molecule has 59 heavy (non-hydrogen) atoms. The Morgan fingerprint density at radius 2 is 0.898 bits per heavy atom. The lowest BCUT2D eigenvalue weighted by molar-refractivity contribution is 0.263. The van der Waals surface area contributed by atoms with Gasteiger partial charge in [-0.3, -0.25) is 5.32 Å². The summed E-state index contributed by atoms with van der Waals surface area (Å²) < 4.78 is 0. The Morgan fingerprint density at radius 3 is 1.54 bits per heavy atom. The summed E-state index contributed by atoms with van der Waals surface area (Å²) in [5.41, 5.74) is 12.7. The highest BCUT2D eigenvalue weighted by Gasteiger charge is 2.29.